The number of benzene rings is 1. The zero-order valence-corrected chi connectivity index (χ0v) is 10.0. The minimum absolute atomic E-state index is 0.393. The summed E-state index contributed by atoms with van der Waals surface area (Å²) in [5, 5.41) is 10.2. The summed E-state index contributed by atoms with van der Waals surface area (Å²) in [6.07, 6.45) is 5.42. The van der Waals surface area contributed by atoms with Crippen molar-refractivity contribution in [3.8, 4) is 0 Å². The quantitative estimate of drug-likeness (QED) is 0.800. The van der Waals surface area contributed by atoms with Crippen molar-refractivity contribution in [1.29, 1.82) is 0 Å². The maximum atomic E-state index is 11.2. The van der Waals surface area contributed by atoms with Gasteiger partial charge in [-0.2, -0.15) is 0 Å². The Morgan fingerprint density at radius 1 is 1.29 bits per heavy atom. The number of hydrogen-bond acceptors (Lipinski definition) is 1. The van der Waals surface area contributed by atoms with Crippen molar-refractivity contribution >= 4 is 16.9 Å². The lowest BCUT2D eigenvalue weighted by molar-refractivity contribution is 0.0698. The summed E-state index contributed by atoms with van der Waals surface area (Å²) < 4.78 is 2.05. The lowest BCUT2D eigenvalue weighted by atomic mass is 10.1. The Bertz CT molecular complexity index is 528. The molecule has 0 bridgehead atoms. The fraction of sp³-hybridized carbons (Fsp3) is 0.357. The van der Waals surface area contributed by atoms with Crippen molar-refractivity contribution in [2.75, 3.05) is 0 Å². The first-order valence-corrected chi connectivity index (χ1v) is 6.05. The highest BCUT2D eigenvalue weighted by Gasteiger charge is 2.11. The Hall–Kier alpha value is -1.77. The van der Waals surface area contributed by atoms with E-state index in [-0.39, 0.29) is 0 Å². The van der Waals surface area contributed by atoms with Gasteiger partial charge in [0.2, 0.25) is 0 Å². The Balaban J connectivity index is 2.39. The molecule has 3 heteroatoms. The van der Waals surface area contributed by atoms with Gasteiger partial charge in [-0.25, -0.2) is 4.79 Å². The number of fused-ring (bicyclic) bond motifs is 1. The Morgan fingerprint density at radius 3 is 2.82 bits per heavy atom. The van der Waals surface area contributed by atoms with E-state index >= 15 is 0 Å². The monoisotopic (exact) mass is 231 g/mol. The van der Waals surface area contributed by atoms with Crippen molar-refractivity contribution in [3.05, 3.63) is 36.0 Å². The zero-order valence-electron chi connectivity index (χ0n) is 10.0. The Morgan fingerprint density at radius 2 is 2.12 bits per heavy atom. The van der Waals surface area contributed by atoms with Crippen LogP contribution in [0.25, 0.3) is 10.9 Å². The molecule has 0 aliphatic heterocycles. The van der Waals surface area contributed by atoms with Gasteiger partial charge in [0.15, 0.2) is 0 Å². The summed E-state index contributed by atoms with van der Waals surface area (Å²) in [5.74, 6) is -0.856. The number of carboxylic acids is 1. The number of aryl methyl sites for hydroxylation is 1. The molecule has 0 aliphatic carbocycles. The van der Waals surface area contributed by atoms with Crippen LogP contribution >= 0.6 is 0 Å². The highest BCUT2D eigenvalue weighted by Crippen LogP contribution is 2.21. The van der Waals surface area contributed by atoms with E-state index in [9.17, 15) is 9.90 Å². The van der Waals surface area contributed by atoms with Crippen LogP contribution < -0.4 is 0 Å². The number of hydrogen-bond donors (Lipinski definition) is 1. The topological polar surface area (TPSA) is 42.2 Å². The standard InChI is InChI=1S/C14H17NO2/c1-2-3-4-9-15-10-8-11-6-5-7-12(13(11)15)14(16)17/h5-8,10H,2-4,9H2,1H3,(H,16,17). The first kappa shape index (κ1) is 11.7. The van der Waals surface area contributed by atoms with Gasteiger partial charge in [0.1, 0.15) is 0 Å². The van der Waals surface area contributed by atoms with E-state index in [4.69, 9.17) is 0 Å². The maximum absolute atomic E-state index is 11.2. The summed E-state index contributed by atoms with van der Waals surface area (Å²) in [6.45, 7) is 3.05. The molecule has 0 unspecified atom stereocenters. The number of unbranched alkanes of at least 4 members (excludes halogenated alkanes) is 2. The largest absolute Gasteiger partial charge is 0.478 e. The Kier molecular flexibility index (Phi) is 3.47. The third kappa shape index (κ3) is 2.33. The average Bonchev–Trinajstić information content (AvgIpc) is 2.73. The molecule has 3 nitrogen and oxygen atoms in total. The first-order chi connectivity index (χ1) is 8.24. The van der Waals surface area contributed by atoms with Gasteiger partial charge in [-0.1, -0.05) is 31.9 Å². The van der Waals surface area contributed by atoms with Crippen LogP contribution in [0, 0.1) is 0 Å². The number of aromatic carboxylic acids is 1. The molecular formula is C14H17NO2. The second-order valence-corrected chi connectivity index (χ2v) is 4.26. The molecule has 0 amide bonds. The molecule has 90 valence electrons. The lowest BCUT2D eigenvalue weighted by Gasteiger charge is -2.07. The van der Waals surface area contributed by atoms with Gasteiger partial charge in [-0.15, -0.1) is 0 Å². The fourth-order valence-electron chi connectivity index (χ4n) is 2.15. The van der Waals surface area contributed by atoms with Gasteiger partial charge in [0.25, 0.3) is 0 Å². The molecule has 0 aliphatic rings. The lowest BCUT2D eigenvalue weighted by Crippen LogP contribution is -2.03. The second kappa shape index (κ2) is 5.04. The summed E-state index contributed by atoms with van der Waals surface area (Å²) in [5.41, 5.74) is 1.24. The van der Waals surface area contributed by atoms with Crippen molar-refractivity contribution in [2.24, 2.45) is 0 Å². The predicted molar refractivity (Wildman–Crippen MR) is 68.4 cm³/mol. The molecule has 0 radical (unpaired) electrons. The molecule has 0 fully saturated rings. The summed E-state index contributed by atoms with van der Waals surface area (Å²) in [7, 11) is 0. The van der Waals surface area contributed by atoms with Crippen molar-refractivity contribution in [2.45, 2.75) is 32.7 Å². The highest BCUT2D eigenvalue weighted by molar-refractivity contribution is 6.02. The summed E-state index contributed by atoms with van der Waals surface area (Å²) >= 11 is 0. The van der Waals surface area contributed by atoms with Gasteiger partial charge in [-0.3, -0.25) is 0 Å². The molecule has 0 saturated carbocycles. The molecule has 1 aromatic heterocycles. The minimum atomic E-state index is -0.856. The van der Waals surface area contributed by atoms with E-state index in [0.717, 1.165) is 23.9 Å². The van der Waals surface area contributed by atoms with Crippen LogP contribution in [0.15, 0.2) is 30.5 Å². The number of carboxylic acid groups (broad SMARTS) is 1. The first-order valence-electron chi connectivity index (χ1n) is 6.05. The number of aromatic nitrogens is 1. The molecule has 1 heterocycles. The third-order valence-electron chi connectivity index (χ3n) is 3.02. The fourth-order valence-corrected chi connectivity index (χ4v) is 2.15. The van der Waals surface area contributed by atoms with Crippen molar-refractivity contribution in [3.63, 3.8) is 0 Å². The van der Waals surface area contributed by atoms with Gasteiger partial charge in [-0.05, 0) is 18.6 Å². The smallest absolute Gasteiger partial charge is 0.337 e. The molecule has 2 rings (SSSR count). The van der Waals surface area contributed by atoms with Crippen LogP contribution in [0.5, 0.6) is 0 Å². The van der Waals surface area contributed by atoms with E-state index < -0.39 is 5.97 Å². The van der Waals surface area contributed by atoms with Crippen molar-refractivity contribution < 1.29 is 9.90 Å². The van der Waals surface area contributed by atoms with Gasteiger partial charge in [0.05, 0.1) is 11.1 Å². The van der Waals surface area contributed by atoms with Gasteiger partial charge < -0.3 is 9.67 Å². The normalized spacial score (nSPS) is 10.9. The molecule has 0 spiro atoms. The molecule has 1 N–H and O–H groups in total. The summed E-state index contributed by atoms with van der Waals surface area (Å²) in [4.78, 5) is 11.2. The van der Waals surface area contributed by atoms with Crippen LogP contribution in [-0.2, 0) is 6.54 Å². The summed E-state index contributed by atoms with van der Waals surface area (Å²) in [6, 6.07) is 7.40. The number of carbonyl (C=O) groups is 1. The van der Waals surface area contributed by atoms with Crippen LogP contribution in [0.2, 0.25) is 0 Å². The van der Waals surface area contributed by atoms with Crippen LogP contribution in [-0.4, -0.2) is 15.6 Å². The third-order valence-corrected chi connectivity index (χ3v) is 3.02. The van der Waals surface area contributed by atoms with E-state index in [1.807, 2.05) is 18.3 Å². The number of rotatable bonds is 5. The molecule has 0 atom stereocenters. The van der Waals surface area contributed by atoms with Gasteiger partial charge >= 0.3 is 5.97 Å². The number of nitrogens with zero attached hydrogens (tertiary/aromatic N) is 1. The molecular weight excluding hydrogens is 214 g/mol. The van der Waals surface area contributed by atoms with E-state index in [2.05, 4.69) is 11.5 Å². The molecule has 17 heavy (non-hydrogen) atoms. The van der Waals surface area contributed by atoms with Gasteiger partial charge in [0, 0.05) is 18.1 Å². The van der Waals surface area contributed by atoms with E-state index in [0.29, 0.717) is 5.56 Å². The van der Waals surface area contributed by atoms with E-state index in [1.54, 1.807) is 12.1 Å². The average molecular weight is 231 g/mol. The molecule has 0 saturated heterocycles. The van der Waals surface area contributed by atoms with Crippen LogP contribution in [0.3, 0.4) is 0 Å². The van der Waals surface area contributed by atoms with Crippen LogP contribution in [0.1, 0.15) is 36.5 Å². The zero-order chi connectivity index (χ0) is 12.3. The predicted octanol–water partition coefficient (Wildman–Crippen LogP) is 3.53. The molecule has 2 aromatic rings. The SMILES string of the molecule is CCCCCn1ccc2cccc(C(=O)O)c21. The van der Waals surface area contributed by atoms with Crippen LogP contribution in [0.4, 0.5) is 0 Å². The van der Waals surface area contributed by atoms with Crippen molar-refractivity contribution in [1.82, 2.24) is 4.57 Å². The Labute approximate surface area is 101 Å². The number of para-hydroxylation sites is 1. The maximum Gasteiger partial charge on any atom is 0.337 e. The highest BCUT2D eigenvalue weighted by atomic mass is 16.4. The molecule has 1 aromatic carbocycles. The van der Waals surface area contributed by atoms with E-state index in [1.165, 1.54) is 12.8 Å². The minimum Gasteiger partial charge on any atom is -0.478 e. The second-order valence-electron chi connectivity index (χ2n) is 4.26.